The van der Waals surface area contributed by atoms with E-state index in [9.17, 15) is 14.4 Å². The lowest BCUT2D eigenvalue weighted by molar-refractivity contribution is -0.125. The fourth-order valence-corrected chi connectivity index (χ4v) is 3.37. The number of imide groups is 1. The van der Waals surface area contributed by atoms with Crippen LogP contribution >= 0.6 is 0 Å². The summed E-state index contributed by atoms with van der Waals surface area (Å²) in [4.78, 5) is 38.8. The summed E-state index contributed by atoms with van der Waals surface area (Å²) >= 11 is 0. The van der Waals surface area contributed by atoms with Gasteiger partial charge in [-0.3, -0.25) is 19.3 Å². The van der Waals surface area contributed by atoms with Crippen LogP contribution in [0.25, 0.3) is 0 Å². The summed E-state index contributed by atoms with van der Waals surface area (Å²) < 4.78 is 0. The van der Waals surface area contributed by atoms with Gasteiger partial charge in [0.05, 0.1) is 11.1 Å². The van der Waals surface area contributed by atoms with E-state index in [1.807, 2.05) is 6.92 Å². The Hall–Kier alpha value is -2.21. The fourth-order valence-electron chi connectivity index (χ4n) is 3.37. The molecule has 3 rings (SSSR count). The highest BCUT2D eigenvalue weighted by Gasteiger charge is 2.41. The van der Waals surface area contributed by atoms with Crippen molar-refractivity contribution in [2.24, 2.45) is 5.92 Å². The average molecular weight is 329 g/mol. The van der Waals surface area contributed by atoms with E-state index in [1.54, 1.807) is 25.1 Å². The summed E-state index contributed by atoms with van der Waals surface area (Å²) in [6, 6.07) is 4.41. The predicted octanol–water partition coefficient (Wildman–Crippen LogP) is 1.09. The Balaban J connectivity index is 1.75. The Morgan fingerprint density at radius 3 is 2.71 bits per heavy atom. The zero-order valence-electron chi connectivity index (χ0n) is 14.3. The SMILES string of the molecule is Cc1ccc2c(c1)C(=O)N(C(C)C(=O)NC1CCNCC1C)C2=O. The van der Waals surface area contributed by atoms with Gasteiger partial charge in [-0.25, -0.2) is 0 Å². The van der Waals surface area contributed by atoms with E-state index in [0.29, 0.717) is 17.0 Å². The van der Waals surface area contributed by atoms with Crippen LogP contribution in [0.2, 0.25) is 0 Å². The molecule has 1 saturated heterocycles. The van der Waals surface area contributed by atoms with Crippen LogP contribution in [0, 0.1) is 12.8 Å². The number of nitrogens with zero attached hydrogens (tertiary/aromatic N) is 1. The van der Waals surface area contributed by atoms with Gasteiger partial charge in [0, 0.05) is 6.04 Å². The van der Waals surface area contributed by atoms with Crippen LogP contribution in [0.1, 0.15) is 46.5 Å². The summed E-state index contributed by atoms with van der Waals surface area (Å²) in [6.07, 6.45) is 0.848. The molecule has 2 heterocycles. The van der Waals surface area contributed by atoms with Crippen LogP contribution in [0.4, 0.5) is 0 Å². The third kappa shape index (κ3) is 2.82. The highest BCUT2D eigenvalue weighted by molar-refractivity contribution is 6.22. The molecule has 3 unspecified atom stereocenters. The fraction of sp³-hybridized carbons (Fsp3) is 0.500. The number of fused-ring (bicyclic) bond motifs is 1. The van der Waals surface area contributed by atoms with Crippen molar-refractivity contribution in [2.75, 3.05) is 13.1 Å². The van der Waals surface area contributed by atoms with Gasteiger partial charge in [-0.05, 0) is 51.4 Å². The van der Waals surface area contributed by atoms with Crippen molar-refractivity contribution in [2.45, 2.75) is 39.3 Å². The smallest absolute Gasteiger partial charge is 0.262 e. The first-order valence-corrected chi connectivity index (χ1v) is 8.39. The molecule has 1 aromatic carbocycles. The normalized spacial score (nSPS) is 24.7. The van der Waals surface area contributed by atoms with Crippen LogP contribution in [0.15, 0.2) is 18.2 Å². The van der Waals surface area contributed by atoms with Crippen molar-refractivity contribution in [1.29, 1.82) is 0 Å². The highest BCUT2D eigenvalue weighted by atomic mass is 16.2. The molecule has 128 valence electrons. The quantitative estimate of drug-likeness (QED) is 0.814. The molecular formula is C18H23N3O3. The first kappa shape index (κ1) is 16.6. The lowest BCUT2D eigenvalue weighted by Gasteiger charge is -2.32. The molecule has 0 saturated carbocycles. The van der Waals surface area contributed by atoms with Crippen molar-refractivity contribution in [3.8, 4) is 0 Å². The van der Waals surface area contributed by atoms with Crippen LogP contribution in [-0.4, -0.2) is 47.8 Å². The van der Waals surface area contributed by atoms with Gasteiger partial charge in [0.25, 0.3) is 11.8 Å². The van der Waals surface area contributed by atoms with Crippen molar-refractivity contribution >= 4 is 17.7 Å². The van der Waals surface area contributed by atoms with Crippen LogP contribution in [-0.2, 0) is 4.79 Å². The molecule has 3 amide bonds. The molecule has 0 aliphatic carbocycles. The first-order valence-electron chi connectivity index (χ1n) is 8.39. The molecule has 0 bridgehead atoms. The van der Waals surface area contributed by atoms with Crippen LogP contribution < -0.4 is 10.6 Å². The molecule has 24 heavy (non-hydrogen) atoms. The van der Waals surface area contributed by atoms with Crippen molar-refractivity contribution < 1.29 is 14.4 Å². The molecule has 2 aliphatic rings. The maximum absolute atomic E-state index is 12.6. The van der Waals surface area contributed by atoms with Gasteiger partial charge in [0.2, 0.25) is 5.91 Å². The average Bonchev–Trinajstić information content (AvgIpc) is 2.79. The van der Waals surface area contributed by atoms with Gasteiger partial charge < -0.3 is 10.6 Å². The number of hydrogen-bond donors (Lipinski definition) is 2. The minimum Gasteiger partial charge on any atom is -0.351 e. The third-order valence-corrected chi connectivity index (χ3v) is 4.95. The van der Waals surface area contributed by atoms with E-state index in [2.05, 4.69) is 17.6 Å². The lowest BCUT2D eigenvalue weighted by Crippen LogP contribution is -2.54. The zero-order valence-corrected chi connectivity index (χ0v) is 14.3. The van der Waals surface area contributed by atoms with Crippen LogP contribution in [0.5, 0.6) is 0 Å². The Bertz CT molecular complexity index is 701. The zero-order chi connectivity index (χ0) is 17.4. The Morgan fingerprint density at radius 1 is 1.29 bits per heavy atom. The third-order valence-electron chi connectivity index (χ3n) is 4.95. The summed E-state index contributed by atoms with van der Waals surface area (Å²) in [5.74, 6) is -0.740. The van der Waals surface area contributed by atoms with E-state index in [0.717, 1.165) is 30.0 Å². The van der Waals surface area contributed by atoms with Crippen molar-refractivity contribution in [3.05, 3.63) is 34.9 Å². The number of benzene rings is 1. The molecule has 6 nitrogen and oxygen atoms in total. The second-order valence-electron chi connectivity index (χ2n) is 6.79. The second-order valence-corrected chi connectivity index (χ2v) is 6.79. The van der Waals surface area contributed by atoms with Gasteiger partial charge in [0.1, 0.15) is 6.04 Å². The number of piperidine rings is 1. The van der Waals surface area contributed by atoms with Crippen molar-refractivity contribution in [3.63, 3.8) is 0 Å². The number of hydrogen-bond acceptors (Lipinski definition) is 4. The summed E-state index contributed by atoms with van der Waals surface area (Å²) in [7, 11) is 0. The molecule has 0 aromatic heterocycles. The van der Waals surface area contributed by atoms with Crippen LogP contribution in [0.3, 0.4) is 0 Å². The number of carbonyl (C=O) groups excluding carboxylic acids is 3. The second kappa shape index (κ2) is 6.36. The first-order chi connectivity index (χ1) is 11.4. The molecule has 1 aromatic rings. The van der Waals surface area contributed by atoms with Crippen molar-refractivity contribution in [1.82, 2.24) is 15.5 Å². The summed E-state index contributed by atoms with van der Waals surface area (Å²) in [5, 5.41) is 6.28. The minimum atomic E-state index is -0.820. The number of rotatable bonds is 3. The monoisotopic (exact) mass is 329 g/mol. The number of amides is 3. The number of nitrogens with one attached hydrogen (secondary N) is 2. The van der Waals surface area contributed by atoms with E-state index in [4.69, 9.17) is 0 Å². The predicted molar refractivity (Wildman–Crippen MR) is 89.7 cm³/mol. The number of aryl methyl sites for hydroxylation is 1. The summed E-state index contributed by atoms with van der Waals surface area (Å²) in [5.41, 5.74) is 1.67. The molecule has 2 N–H and O–H groups in total. The molecule has 1 fully saturated rings. The van der Waals surface area contributed by atoms with Gasteiger partial charge in [-0.2, -0.15) is 0 Å². The van der Waals surface area contributed by atoms with E-state index in [1.165, 1.54) is 0 Å². The van der Waals surface area contributed by atoms with Gasteiger partial charge >= 0.3 is 0 Å². The maximum Gasteiger partial charge on any atom is 0.262 e. The standard InChI is InChI=1S/C18H23N3O3/c1-10-4-5-13-14(8-10)18(24)21(17(13)23)12(3)16(22)20-15-6-7-19-9-11(15)2/h4-5,8,11-12,15,19H,6-7,9H2,1-3H3,(H,20,22). The summed E-state index contributed by atoms with van der Waals surface area (Å²) in [6.45, 7) is 7.26. The van der Waals surface area contributed by atoms with Gasteiger partial charge in [0.15, 0.2) is 0 Å². The molecule has 0 radical (unpaired) electrons. The van der Waals surface area contributed by atoms with Gasteiger partial charge in [-0.15, -0.1) is 0 Å². The molecule has 6 heteroatoms. The Labute approximate surface area is 141 Å². The lowest BCUT2D eigenvalue weighted by atomic mass is 9.95. The highest BCUT2D eigenvalue weighted by Crippen LogP contribution is 2.26. The minimum absolute atomic E-state index is 0.0682. The molecule has 3 atom stereocenters. The van der Waals surface area contributed by atoms with E-state index < -0.39 is 11.9 Å². The topological polar surface area (TPSA) is 78.5 Å². The van der Waals surface area contributed by atoms with E-state index in [-0.39, 0.29) is 17.9 Å². The molecular weight excluding hydrogens is 306 g/mol. The molecule has 0 spiro atoms. The Morgan fingerprint density at radius 2 is 2.00 bits per heavy atom. The largest absolute Gasteiger partial charge is 0.351 e. The molecule has 2 aliphatic heterocycles. The Kier molecular flexibility index (Phi) is 4.41. The van der Waals surface area contributed by atoms with Gasteiger partial charge in [-0.1, -0.05) is 18.6 Å². The van der Waals surface area contributed by atoms with E-state index >= 15 is 0 Å². The maximum atomic E-state index is 12.6. The number of carbonyl (C=O) groups is 3.